The van der Waals surface area contributed by atoms with E-state index in [4.69, 9.17) is 0 Å². The van der Waals surface area contributed by atoms with Crippen molar-refractivity contribution < 1.29 is 0 Å². The Balaban J connectivity index is 1.71. The average molecular weight is 375 g/mol. The zero-order valence-electron chi connectivity index (χ0n) is 10.6. The van der Waals surface area contributed by atoms with Crippen LogP contribution in [0.4, 0.5) is 0 Å². The smallest absolute Gasteiger partial charge is 0.0837 e. The molecular weight excluding hydrogens is 361 g/mol. The van der Waals surface area contributed by atoms with Crippen molar-refractivity contribution >= 4 is 72.3 Å². The van der Waals surface area contributed by atoms with E-state index >= 15 is 0 Å². The van der Waals surface area contributed by atoms with E-state index < -0.39 is 0 Å². The standard InChI is InChI=1S/C14H14S6/c15-5-11-7-17-13(19-11)9-2-1-3-10(4-9)14-18-8-12(6-16)20-14/h1-4,7-8,13-16H,5-6H2. The Bertz CT molecular complexity index is 505. The number of benzene rings is 1. The van der Waals surface area contributed by atoms with Gasteiger partial charge in [-0.2, -0.15) is 25.3 Å². The Hall–Kier alpha value is 0.800. The highest BCUT2D eigenvalue weighted by atomic mass is 32.2. The molecule has 1 aromatic carbocycles. The molecule has 6 heteroatoms. The maximum atomic E-state index is 4.36. The molecule has 0 radical (unpaired) electrons. The van der Waals surface area contributed by atoms with Gasteiger partial charge >= 0.3 is 0 Å². The van der Waals surface area contributed by atoms with Crippen molar-refractivity contribution in [1.29, 1.82) is 0 Å². The zero-order valence-corrected chi connectivity index (χ0v) is 15.6. The second-order valence-corrected chi connectivity index (χ2v) is 9.98. The van der Waals surface area contributed by atoms with Gasteiger partial charge in [0.2, 0.25) is 0 Å². The summed E-state index contributed by atoms with van der Waals surface area (Å²) in [5.41, 5.74) is 2.82. The molecule has 0 N–H and O–H groups in total. The summed E-state index contributed by atoms with van der Waals surface area (Å²) < 4.78 is 0.983. The molecule has 3 rings (SSSR count). The SMILES string of the molecule is SCC1=CSC(c2cccc(C3SC=C(CS)S3)c2)S1. The molecule has 2 aliphatic heterocycles. The fourth-order valence-corrected chi connectivity index (χ4v) is 7.72. The Morgan fingerprint density at radius 3 is 1.75 bits per heavy atom. The lowest BCUT2D eigenvalue weighted by atomic mass is 10.1. The quantitative estimate of drug-likeness (QED) is 0.603. The summed E-state index contributed by atoms with van der Waals surface area (Å²) >= 11 is 16.4. The van der Waals surface area contributed by atoms with Gasteiger partial charge in [-0.05, 0) is 21.9 Å². The van der Waals surface area contributed by atoms with Crippen LogP contribution in [0.25, 0.3) is 0 Å². The lowest BCUT2D eigenvalue weighted by Crippen LogP contribution is -1.91. The van der Waals surface area contributed by atoms with Gasteiger partial charge in [0.15, 0.2) is 0 Å². The minimum Gasteiger partial charge on any atom is -0.174 e. The summed E-state index contributed by atoms with van der Waals surface area (Å²) in [5, 5.41) is 4.49. The molecule has 2 aliphatic rings. The van der Waals surface area contributed by atoms with Gasteiger partial charge in [0.25, 0.3) is 0 Å². The summed E-state index contributed by atoms with van der Waals surface area (Å²) in [6, 6.07) is 9.02. The summed E-state index contributed by atoms with van der Waals surface area (Å²) in [5.74, 6) is 1.69. The van der Waals surface area contributed by atoms with E-state index in [1.54, 1.807) is 0 Å². The van der Waals surface area contributed by atoms with Crippen LogP contribution in [-0.4, -0.2) is 11.5 Å². The van der Waals surface area contributed by atoms with Crippen LogP contribution in [0.2, 0.25) is 0 Å². The predicted molar refractivity (Wildman–Crippen MR) is 106 cm³/mol. The molecule has 0 saturated heterocycles. The van der Waals surface area contributed by atoms with Gasteiger partial charge in [0, 0.05) is 21.3 Å². The normalized spacial score (nSPS) is 25.7. The first kappa shape index (κ1) is 15.7. The van der Waals surface area contributed by atoms with Crippen LogP contribution < -0.4 is 0 Å². The zero-order chi connectivity index (χ0) is 13.9. The van der Waals surface area contributed by atoms with E-state index in [9.17, 15) is 0 Å². The Morgan fingerprint density at radius 1 is 0.850 bits per heavy atom. The summed E-state index contributed by atoms with van der Waals surface area (Å²) in [7, 11) is 0. The van der Waals surface area contributed by atoms with Crippen molar-refractivity contribution in [1.82, 2.24) is 0 Å². The molecule has 2 atom stereocenters. The molecule has 0 fully saturated rings. The molecule has 1 aromatic rings. The second kappa shape index (κ2) is 7.38. The second-order valence-electron chi connectivity index (χ2n) is 4.33. The number of thioether (sulfide) groups is 4. The number of thiol groups is 2. The molecule has 2 unspecified atom stereocenters. The summed E-state index contributed by atoms with van der Waals surface area (Å²) in [6.45, 7) is 0. The summed E-state index contributed by atoms with van der Waals surface area (Å²) in [4.78, 5) is 2.75. The van der Waals surface area contributed by atoms with Crippen LogP contribution in [0.15, 0.2) is 44.9 Å². The van der Waals surface area contributed by atoms with Crippen LogP contribution in [0.1, 0.15) is 20.3 Å². The fraction of sp³-hybridized carbons (Fsp3) is 0.286. The van der Waals surface area contributed by atoms with E-state index in [1.165, 1.54) is 20.9 Å². The van der Waals surface area contributed by atoms with E-state index in [-0.39, 0.29) is 0 Å². The van der Waals surface area contributed by atoms with Crippen LogP contribution in [0, 0.1) is 0 Å². The van der Waals surface area contributed by atoms with Gasteiger partial charge in [-0.3, -0.25) is 0 Å². The number of hydrogen-bond donors (Lipinski definition) is 2. The molecule has 106 valence electrons. The molecular formula is C14H14S6. The summed E-state index contributed by atoms with van der Waals surface area (Å²) in [6.07, 6.45) is 0. The van der Waals surface area contributed by atoms with E-state index in [0.717, 1.165) is 11.5 Å². The Morgan fingerprint density at radius 2 is 1.35 bits per heavy atom. The monoisotopic (exact) mass is 374 g/mol. The first-order valence-corrected chi connectivity index (χ1v) is 11.0. The highest BCUT2D eigenvalue weighted by Gasteiger charge is 2.23. The van der Waals surface area contributed by atoms with E-state index in [0.29, 0.717) is 9.16 Å². The van der Waals surface area contributed by atoms with E-state index in [2.05, 4.69) is 60.3 Å². The molecule has 0 bridgehead atoms. The number of rotatable bonds is 4. The lowest BCUT2D eigenvalue weighted by molar-refractivity contribution is 1.31. The highest BCUT2D eigenvalue weighted by Crippen LogP contribution is 2.54. The number of hydrogen-bond acceptors (Lipinski definition) is 6. The van der Waals surface area contributed by atoms with Crippen molar-refractivity contribution in [3.63, 3.8) is 0 Å². The molecule has 2 heterocycles. The molecule has 0 nitrogen and oxygen atoms in total. The third kappa shape index (κ3) is 3.58. The molecule has 0 spiro atoms. The third-order valence-electron chi connectivity index (χ3n) is 2.93. The molecule has 0 aliphatic carbocycles. The lowest BCUT2D eigenvalue weighted by Gasteiger charge is -2.14. The van der Waals surface area contributed by atoms with Crippen molar-refractivity contribution in [3.8, 4) is 0 Å². The van der Waals surface area contributed by atoms with Crippen molar-refractivity contribution in [2.75, 3.05) is 11.5 Å². The fourth-order valence-electron chi connectivity index (χ4n) is 1.96. The maximum absolute atomic E-state index is 4.36. The van der Waals surface area contributed by atoms with Gasteiger partial charge in [-0.15, -0.1) is 47.0 Å². The molecule has 0 saturated carbocycles. The van der Waals surface area contributed by atoms with Gasteiger partial charge in [0.1, 0.15) is 0 Å². The molecule has 0 amide bonds. The predicted octanol–water partition coefficient (Wildman–Crippen LogP) is 6.19. The van der Waals surface area contributed by atoms with Gasteiger partial charge < -0.3 is 0 Å². The van der Waals surface area contributed by atoms with Gasteiger partial charge in [0.05, 0.1) is 9.16 Å². The van der Waals surface area contributed by atoms with Crippen molar-refractivity contribution in [3.05, 3.63) is 56.0 Å². The minimum absolute atomic E-state index is 0.491. The maximum Gasteiger partial charge on any atom is 0.0837 e. The van der Waals surface area contributed by atoms with Crippen molar-refractivity contribution in [2.24, 2.45) is 0 Å². The Labute approximate surface area is 148 Å². The van der Waals surface area contributed by atoms with E-state index in [1.807, 2.05) is 47.0 Å². The van der Waals surface area contributed by atoms with Crippen LogP contribution >= 0.6 is 72.3 Å². The van der Waals surface area contributed by atoms with Crippen LogP contribution in [-0.2, 0) is 0 Å². The Kier molecular flexibility index (Phi) is 5.79. The van der Waals surface area contributed by atoms with Crippen molar-refractivity contribution in [2.45, 2.75) is 9.16 Å². The first-order valence-electron chi connectivity index (χ1n) is 6.14. The molecule has 20 heavy (non-hydrogen) atoms. The minimum atomic E-state index is 0.491. The molecule has 0 aromatic heterocycles. The topological polar surface area (TPSA) is 0 Å². The van der Waals surface area contributed by atoms with Crippen LogP contribution in [0.5, 0.6) is 0 Å². The van der Waals surface area contributed by atoms with Gasteiger partial charge in [-0.1, -0.05) is 24.3 Å². The van der Waals surface area contributed by atoms with Crippen LogP contribution in [0.3, 0.4) is 0 Å². The third-order valence-corrected chi connectivity index (χ3v) is 9.56. The average Bonchev–Trinajstić information content (AvgIpc) is 3.16. The highest BCUT2D eigenvalue weighted by molar-refractivity contribution is 8.23. The largest absolute Gasteiger partial charge is 0.174 e. The van der Waals surface area contributed by atoms with Gasteiger partial charge in [-0.25, -0.2) is 0 Å². The first-order chi connectivity index (χ1) is 9.80.